The lowest BCUT2D eigenvalue weighted by Gasteiger charge is -2.05. The lowest BCUT2D eigenvalue weighted by Crippen LogP contribution is -1.80. The number of hydrogen-bond donors (Lipinski definition) is 2. The fraction of sp³-hybridized carbons (Fsp3) is 0. The summed E-state index contributed by atoms with van der Waals surface area (Å²) in [5, 5.41) is 5.12. The van der Waals surface area contributed by atoms with Crippen molar-refractivity contribution in [2.45, 2.75) is 0 Å². The van der Waals surface area contributed by atoms with Gasteiger partial charge in [0.1, 0.15) is 0 Å². The first-order valence-electron chi connectivity index (χ1n) is 8.89. The molecule has 0 saturated heterocycles. The second-order valence-corrected chi connectivity index (χ2v) is 6.83. The van der Waals surface area contributed by atoms with E-state index in [4.69, 9.17) is 0 Å². The van der Waals surface area contributed by atoms with Crippen molar-refractivity contribution in [2.75, 3.05) is 0 Å². The highest BCUT2D eigenvalue weighted by molar-refractivity contribution is 6.15. The van der Waals surface area contributed by atoms with Gasteiger partial charge in [-0.25, -0.2) is 0 Å². The molecule has 2 N–H and O–H groups in total. The Kier molecular flexibility index (Phi) is 2.64. The third-order valence-electron chi connectivity index (χ3n) is 5.35. The van der Waals surface area contributed by atoms with E-state index in [0.29, 0.717) is 0 Å². The van der Waals surface area contributed by atoms with Gasteiger partial charge in [-0.2, -0.15) is 0 Å². The smallest absolute Gasteiger partial charge is 0.0471 e. The SMILES string of the molecule is c1ccc2c(c1)[nH]c1ccc(-c3cccc4[nH]c5ccccc5c34)cc12. The molecule has 0 saturated carbocycles. The maximum Gasteiger partial charge on any atom is 0.0471 e. The van der Waals surface area contributed by atoms with Crippen LogP contribution in [0.4, 0.5) is 0 Å². The molecule has 26 heavy (non-hydrogen) atoms. The Hall–Kier alpha value is -3.52. The summed E-state index contributed by atoms with van der Waals surface area (Å²) in [7, 11) is 0. The molecule has 0 atom stereocenters. The average Bonchev–Trinajstić information content (AvgIpc) is 3.25. The van der Waals surface area contributed by atoms with Crippen molar-refractivity contribution in [1.29, 1.82) is 0 Å². The topological polar surface area (TPSA) is 31.6 Å². The number of H-pyrrole nitrogens is 2. The molecule has 2 aromatic heterocycles. The molecule has 0 aliphatic rings. The standard InChI is InChI=1S/C24H16N2/c1-3-9-20-17(6-1)19-14-15(12-13-22(19)25-20)16-8-5-11-23-24(16)18-7-2-4-10-21(18)26-23/h1-14,25-26H. The van der Waals surface area contributed by atoms with Crippen LogP contribution in [0.5, 0.6) is 0 Å². The number of nitrogens with one attached hydrogen (secondary N) is 2. The Morgan fingerprint density at radius 3 is 2.00 bits per heavy atom. The second-order valence-electron chi connectivity index (χ2n) is 6.83. The van der Waals surface area contributed by atoms with Gasteiger partial charge in [-0.05, 0) is 41.5 Å². The Morgan fingerprint density at radius 1 is 0.462 bits per heavy atom. The highest BCUT2D eigenvalue weighted by Gasteiger charge is 2.11. The van der Waals surface area contributed by atoms with E-state index in [2.05, 4.69) is 94.9 Å². The third-order valence-corrected chi connectivity index (χ3v) is 5.35. The van der Waals surface area contributed by atoms with Crippen LogP contribution in [0, 0.1) is 0 Å². The Balaban J connectivity index is 1.71. The maximum atomic E-state index is 3.54. The summed E-state index contributed by atoms with van der Waals surface area (Å²) < 4.78 is 0. The fourth-order valence-electron chi connectivity index (χ4n) is 4.16. The molecule has 0 aliphatic heterocycles. The predicted molar refractivity (Wildman–Crippen MR) is 111 cm³/mol. The molecule has 2 heteroatoms. The van der Waals surface area contributed by atoms with E-state index in [9.17, 15) is 0 Å². The van der Waals surface area contributed by atoms with Gasteiger partial charge in [0.25, 0.3) is 0 Å². The van der Waals surface area contributed by atoms with Crippen molar-refractivity contribution < 1.29 is 0 Å². The summed E-state index contributed by atoms with van der Waals surface area (Å²) in [6.45, 7) is 0. The number of para-hydroxylation sites is 2. The summed E-state index contributed by atoms with van der Waals surface area (Å²) >= 11 is 0. The van der Waals surface area contributed by atoms with E-state index in [1.165, 1.54) is 54.7 Å². The fourth-order valence-corrected chi connectivity index (χ4v) is 4.16. The van der Waals surface area contributed by atoms with Crippen LogP contribution in [0.25, 0.3) is 54.7 Å². The molecule has 6 aromatic rings. The summed E-state index contributed by atoms with van der Waals surface area (Å²) in [6, 6.07) is 30.2. The van der Waals surface area contributed by atoms with Gasteiger partial charge >= 0.3 is 0 Å². The first-order chi connectivity index (χ1) is 12.9. The molecule has 0 fully saturated rings. The number of benzene rings is 4. The molecular formula is C24H16N2. The molecule has 4 aromatic carbocycles. The van der Waals surface area contributed by atoms with Crippen molar-refractivity contribution in [2.24, 2.45) is 0 Å². The van der Waals surface area contributed by atoms with Gasteiger partial charge in [-0.1, -0.05) is 54.6 Å². The molecular weight excluding hydrogens is 316 g/mol. The maximum absolute atomic E-state index is 3.54. The summed E-state index contributed by atoms with van der Waals surface area (Å²) in [5.41, 5.74) is 7.25. The minimum Gasteiger partial charge on any atom is -0.355 e. The number of rotatable bonds is 1. The van der Waals surface area contributed by atoms with Gasteiger partial charge in [0.15, 0.2) is 0 Å². The molecule has 0 amide bonds. The van der Waals surface area contributed by atoms with Crippen molar-refractivity contribution in [3.05, 3.63) is 84.9 Å². The lowest BCUT2D eigenvalue weighted by molar-refractivity contribution is 1.54. The molecule has 6 rings (SSSR count). The van der Waals surface area contributed by atoms with Gasteiger partial charge in [0.05, 0.1) is 0 Å². The highest BCUT2D eigenvalue weighted by atomic mass is 14.7. The molecule has 2 heterocycles. The molecule has 0 aliphatic carbocycles. The number of aromatic amines is 2. The largest absolute Gasteiger partial charge is 0.355 e. The Labute approximate surface area is 150 Å². The molecule has 2 nitrogen and oxygen atoms in total. The molecule has 122 valence electrons. The summed E-state index contributed by atoms with van der Waals surface area (Å²) in [6.07, 6.45) is 0. The minimum absolute atomic E-state index is 1.18. The second kappa shape index (κ2) is 4.99. The van der Waals surface area contributed by atoms with E-state index >= 15 is 0 Å². The van der Waals surface area contributed by atoms with Gasteiger partial charge in [0.2, 0.25) is 0 Å². The molecule has 0 spiro atoms. The van der Waals surface area contributed by atoms with Crippen LogP contribution in [0.15, 0.2) is 84.9 Å². The number of fused-ring (bicyclic) bond motifs is 6. The zero-order valence-corrected chi connectivity index (χ0v) is 14.1. The summed E-state index contributed by atoms with van der Waals surface area (Å²) in [5.74, 6) is 0. The Morgan fingerprint density at radius 2 is 1.12 bits per heavy atom. The van der Waals surface area contributed by atoms with Gasteiger partial charge in [0, 0.05) is 43.6 Å². The summed E-state index contributed by atoms with van der Waals surface area (Å²) in [4.78, 5) is 7.06. The first kappa shape index (κ1) is 13.7. The van der Waals surface area contributed by atoms with Crippen molar-refractivity contribution in [3.8, 4) is 11.1 Å². The zero-order chi connectivity index (χ0) is 17.1. The zero-order valence-electron chi connectivity index (χ0n) is 14.1. The monoisotopic (exact) mass is 332 g/mol. The third kappa shape index (κ3) is 1.81. The lowest BCUT2D eigenvalue weighted by atomic mass is 9.98. The van der Waals surface area contributed by atoms with E-state index < -0.39 is 0 Å². The minimum atomic E-state index is 1.18. The van der Waals surface area contributed by atoms with Crippen LogP contribution in [-0.2, 0) is 0 Å². The van der Waals surface area contributed by atoms with E-state index in [-0.39, 0.29) is 0 Å². The van der Waals surface area contributed by atoms with Crippen molar-refractivity contribution in [3.63, 3.8) is 0 Å². The van der Waals surface area contributed by atoms with Gasteiger partial charge < -0.3 is 9.97 Å². The highest BCUT2D eigenvalue weighted by Crippen LogP contribution is 2.36. The number of hydrogen-bond acceptors (Lipinski definition) is 0. The van der Waals surface area contributed by atoms with Crippen LogP contribution < -0.4 is 0 Å². The van der Waals surface area contributed by atoms with Gasteiger partial charge in [-0.15, -0.1) is 0 Å². The van der Waals surface area contributed by atoms with Crippen LogP contribution in [-0.4, -0.2) is 9.97 Å². The molecule has 0 bridgehead atoms. The van der Waals surface area contributed by atoms with E-state index in [1.54, 1.807) is 0 Å². The van der Waals surface area contributed by atoms with E-state index in [1.807, 2.05) is 0 Å². The average molecular weight is 332 g/mol. The Bertz CT molecular complexity index is 1430. The molecule has 0 radical (unpaired) electrons. The van der Waals surface area contributed by atoms with Crippen molar-refractivity contribution in [1.82, 2.24) is 9.97 Å². The van der Waals surface area contributed by atoms with Crippen LogP contribution in [0.3, 0.4) is 0 Å². The quantitative estimate of drug-likeness (QED) is 0.339. The first-order valence-corrected chi connectivity index (χ1v) is 8.89. The van der Waals surface area contributed by atoms with Gasteiger partial charge in [-0.3, -0.25) is 0 Å². The predicted octanol–water partition coefficient (Wildman–Crippen LogP) is 6.62. The van der Waals surface area contributed by atoms with Crippen LogP contribution in [0.2, 0.25) is 0 Å². The van der Waals surface area contributed by atoms with Crippen LogP contribution in [0.1, 0.15) is 0 Å². The number of aromatic nitrogens is 2. The van der Waals surface area contributed by atoms with Crippen LogP contribution >= 0.6 is 0 Å². The molecule has 0 unspecified atom stereocenters. The van der Waals surface area contributed by atoms with Crippen molar-refractivity contribution >= 4 is 43.6 Å². The normalized spacial score (nSPS) is 11.8. The van der Waals surface area contributed by atoms with E-state index in [0.717, 1.165) is 0 Å².